The van der Waals surface area contributed by atoms with E-state index >= 15 is 0 Å². The summed E-state index contributed by atoms with van der Waals surface area (Å²) in [5.41, 5.74) is 8.05. The van der Waals surface area contributed by atoms with Gasteiger partial charge >= 0.3 is 0 Å². The van der Waals surface area contributed by atoms with Gasteiger partial charge in [-0.1, -0.05) is 6.07 Å². The van der Waals surface area contributed by atoms with Crippen LogP contribution < -0.4 is 5.73 Å². The summed E-state index contributed by atoms with van der Waals surface area (Å²) in [4.78, 5) is 8.23. The molecule has 1 aliphatic carbocycles. The highest BCUT2D eigenvalue weighted by Gasteiger charge is 2.39. The summed E-state index contributed by atoms with van der Waals surface area (Å²) in [6, 6.07) is 5.61. The number of aryl methyl sites for hydroxylation is 1. The van der Waals surface area contributed by atoms with Crippen molar-refractivity contribution in [1.29, 1.82) is 0 Å². The van der Waals surface area contributed by atoms with E-state index in [-0.39, 0.29) is 0 Å². The Morgan fingerprint density at radius 1 is 1.29 bits per heavy atom. The van der Waals surface area contributed by atoms with Gasteiger partial charge in [-0.2, -0.15) is 0 Å². The number of hydrogen-bond acceptors (Lipinski definition) is 4. The Kier molecular flexibility index (Phi) is 2.12. The Morgan fingerprint density at radius 3 is 2.94 bits per heavy atom. The van der Waals surface area contributed by atoms with Crippen LogP contribution in [0.25, 0.3) is 0 Å². The molecule has 3 rings (SSSR count). The van der Waals surface area contributed by atoms with Crippen LogP contribution in [0.5, 0.6) is 0 Å². The van der Waals surface area contributed by atoms with E-state index in [2.05, 4.69) is 9.97 Å². The molecule has 0 aliphatic heterocycles. The third kappa shape index (κ3) is 1.49. The highest BCUT2D eigenvalue weighted by Crippen LogP contribution is 2.41. The highest BCUT2D eigenvalue weighted by atomic mass is 16.3. The first kappa shape index (κ1) is 10.2. The van der Waals surface area contributed by atoms with Crippen molar-refractivity contribution in [3.05, 3.63) is 53.6 Å². The van der Waals surface area contributed by atoms with Crippen molar-refractivity contribution in [1.82, 2.24) is 9.97 Å². The first-order valence-electron chi connectivity index (χ1n) is 5.58. The van der Waals surface area contributed by atoms with Crippen LogP contribution in [0.2, 0.25) is 0 Å². The van der Waals surface area contributed by atoms with E-state index in [0.29, 0.717) is 12.1 Å². The monoisotopic (exact) mass is 227 g/mol. The number of rotatable bonds is 1. The molecular formula is C13H13N3O. The van der Waals surface area contributed by atoms with Crippen molar-refractivity contribution in [2.24, 2.45) is 0 Å². The van der Waals surface area contributed by atoms with Crippen LogP contribution in [0.1, 0.15) is 23.2 Å². The summed E-state index contributed by atoms with van der Waals surface area (Å²) in [6.45, 7) is 0. The molecule has 0 amide bonds. The first-order chi connectivity index (χ1) is 8.20. The largest absolute Gasteiger partial charge is 0.399 e. The first-order valence-corrected chi connectivity index (χ1v) is 5.58. The fourth-order valence-electron chi connectivity index (χ4n) is 2.45. The summed E-state index contributed by atoms with van der Waals surface area (Å²) < 4.78 is 0. The summed E-state index contributed by atoms with van der Waals surface area (Å²) in [5.74, 6) is 0. The lowest BCUT2D eigenvalue weighted by Crippen LogP contribution is -2.25. The second-order valence-electron chi connectivity index (χ2n) is 4.37. The van der Waals surface area contributed by atoms with E-state index < -0.39 is 5.60 Å². The highest BCUT2D eigenvalue weighted by molar-refractivity contribution is 5.51. The number of nitrogens with zero attached hydrogens (tertiary/aromatic N) is 2. The Hall–Kier alpha value is -1.94. The van der Waals surface area contributed by atoms with E-state index in [1.807, 2.05) is 18.2 Å². The van der Waals surface area contributed by atoms with Crippen molar-refractivity contribution in [2.45, 2.75) is 18.4 Å². The molecule has 86 valence electrons. The number of fused-ring (bicyclic) bond motifs is 1. The van der Waals surface area contributed by atoms with Gasteiger partial charge in [0.25, 0.3) is 0 Å². The van der Waals surface area contributed by atoms with Gasteiger partial charge in [-0.3, -0.25) is 9.97 Å². The molecule has 4 nitrogen and oxygen atoms in total. The standard InChI is InChI=1S/C13H13N3O/c14-10-1-2-11-9(7-10)3-4-13(11,17)12-8-15-5-6-16-12/h1-2,5-8,17H,3-4,14H2. The van der Waals surface area contributed by atoms with Crippen molar-refractivity contribution in [3.8, 4) is 0 Å². The van der Waals surface area contributed by atoms with Crippen molar-refractivity contribution in [3.63, 3.8) is 0 Å². The summed E-state index contributed by atoms with van der Waals surface area (Å²) in [7, 11) is 0. The lowest BCUT2D eigenvalue weighted by molar-refractivity contribution is 0.0778. The molecule has 0 saturated carbocycles. The third-order valence-electron chi connectivity index (χ3n) is 3.32. The minimum Gasteiger partial charge on any atom is -0.399 e. The minimum atomic E-state index is -1.02. The van der Waals surface area contributed by atoms with Gasteiger partial charge in [-0.15, -0.1) is 0 Å². The van der Waals surface area contributed by atoms with Gasteiger partial charge in [0.15, 0.2) is 0 Å². The number of benzene rings is 1. The van der Waals surface area contributed by atoms with Gasteiger partial charge in [0.05, 0.1) is 11.9 Å². The second kappa shape index (κ2) is 3.53. The van der Waals surface area contributed by atoms with Crippen molar-refractivity contribution in [2.75, 3.05) is 5.73 Å². The molecule has 4 heteroatoms. The molecule has 1 heterocycles. The maximum absolute atomic E-state index is 10.8. The third-order valence-corrected chi connectivity index (χ3v) is 3.32. The molecule has 1 aromatic carbocycles. The zero-order chi connectivity index (χ0) is 11.9. The lowest BCUT2D eigenvalue weighted by atomic mass is 9.92. The van der Waals surface area contributed by atoms with E-state index in [9.17, 15) is 5.11 Å². The van der Waals surface area contributed by atoms with Gasteiger partial charge in [-0.25, -0.2) is 0 Å². The van der Waals surface area contributed by atoms with Crippen LogP contribution in [-0.4, -0.2) is 15.1 Å². The molecule has 0 bridgehead atoms. The number of hydrogen-bond donors (Lipinski definition) is 2. The van der Waals surface area contributed by atoms with E-state index in [0.717, 1.165) is 23.2 Å². The molecule has 1 unspecified atom stereocenters. The van der Waals surface area contributed by atoms with Gasteiger partial charge in [-0.05, 0) is 36.1 Å². The quantitative estimate of drug-likeness (QED) is 0.719. The van der Waals surface area contributed by atoms with Gasteiger partial charge in [0.2, 0.25) is 0 Å². The Morgan fingerprint density at radius 2 is 2.18 bits per heavy atom. The number of nitrogen functional groups attached to an aromatic ring is 1. The van der Waals surface area contributed by atoms with Crippen LogP contribution >= 0.6 is 0 Å². The fourth-order valence-corrected chi connectivity index (χ4v) is 2.45. The Balaban J connectivity index is 2.14. The molecule has 0 saturated heterocycles. The molecule has 1 atom stereocenters. The van der Waals surface area contributed by atoms with Crippen molar-refractivity contribution >= 4 is 5.69 Å². The van der Waals surface area contributed by atoms with Crippen LogP contribution in [0.3, 0.4) is 0 Å². The summed E-state index contributed by atoms with van der Waals surface area (Å²) in [6.07, 6.45) is 6.26. The maximum Gasteiger partial charge on any atom is 0.134 e. The molecule has 17 heavy (non-hydrogen) atoms. The maximum atomic E-state index is 10.8. The van der Waals surface area contributed by atoms with Crippen LogP contribution in [0, 0.1) is 0 Å². The topological polar surface area (TPSA) is 72.0 Å². The molecule has 0 radical (unpaired) electrons. The lowest BCUT2D eigenvalue weighted by Gasteiger charge is -2.22. The SMILES string of the molecule is Nc1ccc2c(c1)CCC2(O)c1cnccn1. The van der Waals surface area contributed by atoms with Gasteiger partial charge in [0.1, 0.15) is 5.60 Å². The zero-order valence-corrected chi connectivity index (χ0v) is 9.30. The second-order valence-corrected chi connectivity index (χ2v) is 4.37. The average Bonchev–Trinajstić information content (AvgIpc) is 2.69. The predicted octanol–water partition coefficient (Wildman–Crippen LogP) is 1.24. The predicted molar refractivity (Wildman–Crippen MR) is 64.2 cm³/mol. The number of anilines is 1. The van der Waals surface area contributed by atoms with Gasteiger partial charge in [0, 0.05) is 18.1 Å². The van der Waals surface area contributed by atoms with E-state index in [4.69, 9.17) is 5.73 Å². The van der Waals surface area contributed by atoms with Crippen molar-refractivity contribution < 1.29 is 5.11 Å². The van der Waals surface area contributed by atoms with E-state index in [1.54, 1.807) is 18.6 Å². The normalized spacial score (nSPS) is 22.4. The molecule has 1 aromatic heterocycles. The molecule has 0 spiro atoms. The minimum absolute atomic E-state index is 0.600. The molecule has 3 N–H and O–H groups in total. The summed E-state index contributed by atoms with van der Waals surface area (Å²) >= 11 is 0. The molecular weight excluding hydrogens is 214 g/mol. The summed E-state index contributed by atoms with van der Waals surface area (Å²) in [5, 5.41) is 10.8. The molecule has 2 aromatic rings. The van der Waals surface area contributed by atoms with Crippen LogP contribution in [0.15, 0.2) is 36.8 Å². The van der Waals surface area contributed by atoms with E-state index in [1.165, 1.54) is 0 Å². The molecule has 0 fully saturated rings. The Bertz CT molecular complexity index is 556. The van der Waals surface area contributed by atoms with Gasteiger partial charge < -0.3 is 10.8 Å². The zero-order valence-electron chi connectivity index (χ0n) is 9.30. The number of nitrogens with two attached hydrogens (primary N) is 1. The molecule has 1 aliphatic rings. The number of aromatic nitrogens is 2. The number of aliphatic hydroxyl groups is 1. The fraction of sp³-hybridized carbons (Fsp3) is 0.231. The smallest absolute Gasteiger partial charge is 0.134 e. The average molecular weight is 227 g/mol. The van der Waals surface area contributed by atoms with Crippen LogP contribution in [-0.2, 0) is 12.0 Å². The Labute approximate surface area is 99.2 Å². The van der Waals surface area contributed by atoms with Crippen LogP contribution in [0.4, 0.5) is 5.69 Å².